The number of hydrogen-bond acceptors (Lipinski definition) is 6. The molecule has 0 fully saturated rings. The van der Waals surface area contributed by atoms with Crippen LogP contribution in [0.3, 0.4) is 0 Å². The number of nitrogens with one attached hydrogen (secondary N) is 2. The van der Waals surface area contributed by atoms with Crippen molar-refractivity contribution in [3.63, 3.8) is 0 Å². The van der Waals surface area contributed by atoms with Gasteiger partial charge < -0.3 is 24.8 Å². The van der Waals surface area contributed by atoms with Crippen molar-refractivity contribution in [3.05, 3.63) is 29.3 Å². The van der Waals surface area contributed by atoms with Crippen LogP contribution in [-0.2, 0) is 25.8 Å². The molecule has 2 N–H and O–H groups in total. The molecule has 1 aliphatic heterocycles. The fourth-order valence-corrected chi connectivity index (χ4v) is 3.75. The molecular weight excluding hydrogens is 523 g/mol. The highest BCUT2D eigenvalue weighted by Crippen LogP contribution is 2.34. The lowest BCUT2D eigenvalue weighted by atomic mass is 10.1. The van der Waals surface area contributed by atoms with Crippen LogP contribution in [0.2, 0.25) is 0 Å². The molecule has 2 heterocycles. The largest absolute Gasteiger partial charge is 0.496 e. The van der Waals surface area contributed by atoms with Gasteiger partial charge in [0.25, 0.3) is 0 Å². The third-order valence-corrected chi connectivity index (χ3v) is 5.35. The van der Waals surface area contributed by atoms with Crippen molar-refractivity contribution in [1.29, 1.82) is 0 Å². The van der Waals surface area contributed by atoms with E-state index >= 15 is 0 Å². The molecule has 0 aliphatic carbocycles. The molecule has 1 aromatic carbocycles. The van der Waals surface area contributed by atoms with E-state index in [9.17, 15) is 0 Å². The van der Waals surface area contributed by atoms with E-state index in [1.54, 1.807) is 21.3 Å². The number of aromatic nitrogens is 3. The molecule has 0 bridgehead atoms. The lowest BCUT2D eigenvalue weighted by Crippen LogP contribution is -2.47. The van der Waals surface area contributed by atoms with Crippen LogP contribution in [0.4, 0.5) is 0 Å². The maximum absolute atomic E-state index is 5.55. The van der Waals surface area contributed by atoms with Gasteiger partial charge >= 0.3 is 0 Å². The van der Waals surface area contributed by atoms with E-state index in [0.29, 0.717) is 18.7 Å². The Hall–Kier alpha value is -2.24. The van der Waals surface area contributed by atoms with Crippen molar-refractivity contribution in [3.8, 4) is 17.2 Å². The Morgan fingerprint density at radius 1 is 1.16 bits per heavy atom. The standard InChI is InChI=1S/C22H34N6O3.HI/c1-6-20-26-21-9-8-15(14-28(21)27-20)25-22(23-7-2)24-11-10-17-18(30-4)12-16(29-3)13-19(17)31-5;/h12-13,15H,6-11,14H2,1-5H3,(H2,23,24,25);1H. The first kappa shape index (κ1) is 26.0. The van der Waals surface area contributed by atoms with Gasteiger partial charge in [-0.1, -0.05) is 6.92 Å². The van der Waals surface area contributed by atoms with Crippen molar-refractivity contribution >= 4 is 29.9 Å². The summed E-state index contributed by atoms with van der Waals surface area (Å²) in [7, 11) is 4.93. The summed E-state index contributed by atoms with van der Waals surface area (Å²) in [6, 6.07) is 4.00. The summed E-state index contributed by atoms with van der Waals surface area (Å²) in [5.41, 5.74) is 0.974. The summed E-state index contributed by atoms with van der Waals surface area (Å²) in [5.74, 6) is 4.98. The average Bonchev–Trinajstić information content (AvgIpc) is 3.21. The second kappa shape index (κ2) is 12.7. The zero-order valence-corrected chi connectivity index (χ0v) is 21.9. The number of fused-ring (bicyclic) bond motifs is 1. The van der Waals surface area contributed by atoms with Crippen molar-refractivity contribution in [2.75, 3.05) is 34.4 Å². The molecule has 32 heavy (non-hydrogen) atoms. The molecule has 0 saturated heterocycles. The smallest absolute Gasteiger partial charge is 0.191 e. The molecule has 1 aliphatic rings. The monoisotopic (exact) mass is 558 g/mol. The predicted octanol–water partition coefficient (Wildman–Crippen LogP) is 2.60. The van der Waals surface area contributed by atoms with Gasteiger partial charge in [-0.2, -0.15) is 5.10 Å². The number of methoxy groups -OCH3 is 3. The van der Waals surface area contributed by atoms with Gasteiger partial charge in [-0.3, -0.25) is 4.99 Å². The fraction of sp³-hybridized carbons (Fsp3) is 0.591. The van der Waals surface area contributed by atoms with Crippen LogP contribution in [0.15, 0.2) is 17.1 Å². The maximum atomic E-state index is 5.55. The summed E-state index contributed by atoms with van der Waals surface area (Å²) in [4.78, 5) is 9.37. The van der Waals surface area contributed by atoms with Crippen LogP contribution < -0.4 is 24.8 Å². The van der Waals surface area contributed by atoms with Gasteiger partial charge in [-0.05, 0) is 19.8 Å². The molecule has 0 radical (unpaired) electrons. The number of rotatable bonds is 9. The summed E-state index contributed by atoms with van der Waals surface area (Å²) in [6.07, 6.45) is 3.47. The third kappa shape index (κ3) is 6.39. The SMILES string of the molecule is CCNC(=NCCc1c(OC)cc(OC)cc1OC)NC1CCc2nc(CC)nn2C1.I. The summed E-state index contributed by atoms with van der Waals surface area (Å²) in [5, 5.41) is 11.5. The first-order valence-corrected chi connectivity index (χ1v) is 10.9. The minimum atomic E-state index is 0. The molecule has 0 saturated carbocycles. The van der Waals surface area contributed by atoms with Crippen molar-refractivity contribution in [2.45, 2.75) is 52.1 Å². The number of hydrogen-bond donors (Lipinski definition) is 2. The number of aryl methyl sites for hydroxylation is 2. The normalized spacial score (nSPS) is 15.4. The van der Waals surface area contributed by atoms with Crippen LogP contribution in [0.1, 0.15) is 37.5 Å². The number of benzene rings is 1. The van der Waals surface area contributed by atoms with Crippen LogP contribution >= 0.6 is 24.0 Å². The van der Waals surface area contributed by atoms with Crippen molar-refractivity contribution in [2.24, 2.45) is 4.99 Å². The van der Waals surface area contributed by atoms with E-state index in [1.807, 2.05) is 16.8 Å². The second-order valence-electron chi connectivity index (χ2n) is 7.38. The lowest BCUT2D eigenvalue weighted by molar-refractivity contribution is 0.369. The van der Waals surface area contributed by atoms with Crippen LogP contribution in [-0.4, -0.2) is 61.2 Å². The molecule has 0 spiro atoms. The Balaban J connectivity index is 0.00000363. The summed E-state index contributed by atoms with van der Waals surface area (Å²) < 4.78 is 18.4. The molecule has 2 aromatic rings. The minimum Gasteiger partial charge on any atom is -0.496 e. The Kier molecular flexibility index (Phi) is 10.3. The van der Waals surface area contributed by atoms with Gasteiger partial charge in [0, 0.05) is 49.7 Å². The molecule has 9 nitrogen and oxygen atoms in total. The van der Waals surface area contributed by atoms with Crippen LogP contribution in [0.25, 0.3) is 0 Å². The Labute approximate surface area is 207 Å². The molecule has 0 amide bonds. The summed E-state index contributed by atoms with van der Waals surface area (Å²) in [6.45, 7) is 6.33. The highest BCUT2D eigenvalue weighted by Gasteiger charge is 2.22. The van der Waals surface area contributed by atoms with E-state index in [-0.39, 0.29) is 30.0 Å². The van der Waals surface area contributed by atoms with Crippen LogP contribution in [0.5, 0.6) is 17.2 Å². The average molecular weight is 558 g/mol. The molecule has 3 rings (SSSR count). The number of aliphatic imine (C=N–C) groups is 1. The van der Waals surface area contributed by atoms with E-state index in [0.717, 1.165) is 67.0 Å². The number of guanidine groups is 1. The number of nitrogens with zero attached hydrogens (tertiary/aromatic N) is 4. The van der Waals surface area contributed by atoms with Gasteiger partial charge in [0.1, 0.15) is 23.1 Å². The molecule has 1 aromatic heterocycles. The van der Waals surface area contributed by atoms with Crippen molar-refractivity contribution in [1.82, 2.24) is 25.4 Å². The number of halogens is 1. The number of ether oxygens (including phenoxy) is 3. The molecule has 1 atom stereocenters. The predicted molar refractivity (Wildman–Crippen MR) is 136 cm³/mol. The van der Waals surface area contributed by atoms with E-state index in [2.05, 4.69) is 34.6 Å². The zero-order chi connectivity index (χ0) is 22.2. The molecule has 178 valence electrons. The van der Waals surface area contributed by atoms with Gasteiger partial charge in [0.2, 0.25) is 0 Å². The highest BCUT2D eigenvalue weighted by molar-refractivity contribution is 14.0. The Bertz CT molecular complexity index is 877. The topological polar surface area (TPSA) is 94.8 Å². The first-order chi connectivity index (χ1) is 15.1. The molecule has 10 heteroatoms. The van der Waals surface area contributed by atoms with Crippen LogP contribution in [0, 0.1) is 0 Å². The zero-order valence-electron chi connectivity index (χ0n) is 19.6. The highest BCUT2D eigenvalue weighted by atomic mass is 127. The van der Waals surface area contributed by atoms with Gasteiger partial charge in [-0.25, -0.2) is 9.67 Å². The maximum Gasteiger partial charge on any atom is 0.191 e. The van der Waals surface area contributed by atoms with Gasteiger partial charge in [0.15, 0.2) is 11.8 Å². The lowest BCUT2D eigenvalue weighted by Gasteiger charge is -2.25. The van der Waals surface area contributed by atoms with Crippen molar-refractivity contribution < 1.29 is 14.2 Å². The first-order valence-electron chi connectivity index (χ1n) is 10.9. The minimum absolute atomic E-state index is 0. The summed E-state index contributed by atoms with van der Waals surface area (Å²) >= 11 is 0. The quantitative estimate of drug-likeness (QED) is 0.278. The van der Waals surface area contributed by atoms with E-state index < -0.39 is 0 Å². The van der Waals surface area contributed by atoms with Gasteiger partial charge in [0.05, 0.1) is 27.9 Å². The molecule has 1 unspecified atom stereocenters. The van der Waals surface area contributed by atoms with E-state index in [1.165, 1.54) is 0 Å². The third-order valence-electron chi connectivity index (χ3n) is 5.35. The second-order valence-corrected chi connectivity index (χ2v) is 7.38. The fourth-order valence-electron chi connectivity index (χ4n) is 3.75. The van der Waals surface area contributed by atoms with E-state index in [4.69, 9.17) is 19.2 Å². The Morgan fingerprint density at radius 2 is 1.88 bits per heavy atom. The molecular formula is C22H35IN6O3. The Morgan fingerprint density at radius 3 is 2.47 bits per heavy atom. The van der Waals surface area contributed by atoms with Gasteiger partial charge in [-0.15, -0.1) is 24.0 Å².